The van der Waals surface area contributed by atoms with Gasteiger partial charge in [0.05, 0.1) is 17.7 Å². The normalized spacial score (nSPS) is 14.0. The maximum atomic E-state index is 11.5. The first-order valence-corrected chi connectivity index (χ1v) is 5.17. The minimum absolute atomic E-state index is 0.210. The van der Waals surface area contributed by atoms with Gasteiger partial charge in [-0.15, -0.1) is 0 Å². The lowest BCUT2D eigenvalue weighted by molar-refractivity contribution is 0.0962. The topological polar surface area (TPSA) is 62.1 Å². The van der Waals surface area contributed by atoms with Crippen LogP contribution in [0.2, 0.25) is 0 Å². The summed E-state index contributed by atoms with van der Waals surface area (Å²) in [4.78, 5) is 11.5. The molecule has 0 unspecified atom stereocenters. The number of carbonyl (C=O) groups excluding carboxylic acids is 1. The first-order valence-electron chi connectivity index (χ1n) is 5.17. The van der Waals surface area contributed by atoms with Crippen LogP contribution >= 0.6 is 0 Å². The number of hydrogen-bond acceptors (Lipinski definition) is 3. The van der Waals surface area contributed by atoms with Crippen LogP contribution in [0.5, 0.6) is 5.75 Å². The van der Waals surface area contributed by atoms with E-state index in [2.05, 4.69) is 5.32 Å². The second-order valence-electron chi connectivity index (χ2n) is 3.75. The smallest absolute Gasteiger partial charge is 0.251 e. The zero-order chi connectivity index (χ0) is 11.5. The third-order valence-electron chi connectivity index (χ3n) is 2.35. The molecule has 0 aromatic heterocycles. The van der Waals surface area contributed by atoms with Crippen LogP contribution in [0.1, 0.15) is 28.8 Å². The lowest BCUT2D eigenvalue weighted by atomic mass is 10.1. The minimum Gasteiger partial charge on any atom is -0.490 e. The van der Waals surface area contributed by atoms with E-state index in [1.54, 1.807) is 25.2 Å². The molecule has 0 aliphatic heterocycles. The Balaban J connectivity index is 2.30. The average molecular weight is 216 g/mol. The highest BCUT2D eigenvalue weighted by Crippen LogP contribution is 2.28. The molecule has 0 bridgehead atoms. The quantitative estimate of drug-likeness (QED) is 0.832. The van der Waals surface area contributed by atoms with Crippen LogP contribution in [-0.2, 0) is 0 Å². The highest BCUT2D eigenvalue weighted by atomic mass is 16.5. The number of carbonyl (C=O) groups is 1. The van der Waals surface area contributed by atoms with Crippen LogP contribution in [0.15, 0.2) is 18.2 Å². The van der Waals surface area contributed by atoms with Crippen molar-refractivity contribution < 1.29 is 9.53 Å². The Labute approximate surface area is 93.8 Å². The summed E-state index contributed by atoms with van der Waals surface area (Å²) in [6.45, 7) is 0. The molecule has 1 aromatic rings. The molecule has 0 spiro atoms. The van der Waals surface area contributed by atoms with Gasteiger partial charge in [0.2, 0.25) is 0 Å². The van der Waals surface area contributed by atoms with E-state index in [0.29, 0.717) is 16.9 Å². The predicted octanol–water partition coefficient (Wildman–Crippen LogP) is 1.46. The fourth-order valence-electron chi connectivity index (χ4n) is 1.39. The maximum absolute atomic E-state index is 11.5. The summed E-state index contributed by atoms with van der Waals surface area (Å²) in [6.07, 6.45) is 2.35. The van der Waals surface area contributed by atoms with E-state index in [1.807, 2.05) is 6.07 Å². The Morgan fingerprint density at radius 3 is 2.81 bits per heavy atom. The Kier molecular flexibility index (Phi) is 2.78. The highest BCUT2D eigenvalue weighted by molar-refractivity contribution is 5.94. The summed E-state index contributed by atoms with van der Waals surface area (Å²) >= 11 is 0. The van der Waals surface area contributed by atoms with Gasteiger partial charge in [0.15, 0.2) is 0 Å². The van der Waals surface area contributed by atoms with Crippen molar-refractivity contribution in [2.45, 2.75) is 18.9 Å². The van der Waals surface area contributed by atoms with Gasteiger partial charge in [-0.25, -0.2) is 0 Å². The Morgan fingerprint density at radius 1 is 1.50 bits per heavy atom. The average Bonchev–Trinajstić information content (AvgIpc) is 3.11. The molecule has 1 N–H and O–H groups in total. The molecule has 1 aromatic carbocycles. The molecule has 4 nitrogen and oxygen atoms in total. The van der Waals surface area contributed by atoms with Crippen molar-refractivity contribution in [2.24, 2.45) is 0 Å². The first kappa shape index (κ1) is 10.5. The third-order valence-corrected chi connectivity index (χ3v) is 2.35. The molecule has 0 radical (unpaired) electrons. The molecular formula is C12H12N2O2. The Bertz CT molecular complexity index is 459. The van der Waals surface area contributed by atoms with Crippen LogP contribution in [0.25, 0.3) is 0 Å². The molecular weight excluding hydrogens is 204 g/mol. The zero-order valence-corrected chi connectivity index (χ0v) is 8.99. The lowest BCUT2D eigenvalue weighted by Crippen LogP contribution is -2.18. The number of amides is 1. The van der Waals surface area contributed by atoms with Gasteiger partial charge >= 0.3 is 0 Å². The second-order valence-corrected chi connectivity index (χ2v) is 3.75. The van der Waals surface area contributed by atoms with Crippen LogP contribution in [0.4, 0.5) is 0 Å². The molecule has 4 heteroatoms. The molecule has 82 valence electrons. The summed E-state index contributed by atoms with van der Waals surface area (Å²) in [5.74, 6) is 0.387. The van der Waals surface area contributed by atoms with Crippen molar-refractivity contribution >= 4 is 5.91 Å². The van der Waals surface area contributed by atoms with Crippen molar-refractivity contribution in [3.63, 3.8) is 0 Å². The minimum atomic E-state index is -0.210. The molecule has 1 amide bonds. The SMILES string of the molecule is CNC(=O)c1cc(C#N)cc(OC2CC2)c1. The van der Waals surface area contributed by atoms with Crippen molar-refractivity contribution in [2.75, 3.05) is 7.05 Å². The summed E-state index contributed by atoms with van der Waals surface area (Å²) in [6, 6.07) is 6.90. The van der Waals surface area contributed by atoms with E-state index in [0.717, 1.165) is 12.8 Å². The molecule has 1 aliphatic carbocycles. The third kappa shape index (κ3) is 2.31. The number of nitriles is 1. The van der Waals surface area contributed by atoms with Gasteiger partial charge in [0.25, 0.3) is 5.91 Å². The van der Waals surface area contributed by atoms with Gasteiger partial charge in [-0.1, -0.05) is 0 Å². The van der Waals surface area contributed by atoms with Crippen molar-refractivity contribution in [1.82, 2.24) is 5.32 Å². The van der Waals surface area contributed by atoms with Gasteiger partial charge in [-0.3, -0.25) is 4.79 Å². The molecule has 1 aliphatic rings. The van der Waals surface area contributed by atoms with Crippen LogP contribution in [-0.4, -0.2) is 19.1 Å². The van der Waals surface area contributed by atoms with Crippen LogP contribution in [0, 0.1) is 11.3 Å². The number of ether oxygens (including phenoxy) is 1. The maximum Gasteiger partial charge on any atom is 0.251 e. The van der Waals surface area contributed by atoms with Gasteiger partial charge in [-0.05, 0) is 31.0 Å². The van der Waals surface area contributed by atoms with Crippen LogP contribution in [0.3, 0.4) is 0 Å². The van der Waals surface area contributed by atoms with E-state index in [-0.39, 0.29) is 12.0 Å². The van der Waals surface area contributed by atoms with Gasteiger partial charge in [0, 0.05) is 12.6 Å². The van der Waals surface area contributed by atoms with Gasteiger partial charge in [0.1, 0.15) is 5.75 Å². The molecule has 2 rings (SSSR count). The summed E-state index contributed by atoms with van der Waals surface area (Å²) in [5.41, 5.74) is 0.897. The first-order chi connectivity index (χ1) is 7.72. The molecule has 16 heavy (non-hydrogen) atoms. The molecule has 1 fully saturated rings. The van der Waals surface area contributed by atoms with Gasteiger partial charge in [-0.2, -0.15) is 5.26 Å². The summed E-state index contributed by atoms with van der Waals surface area (Å²) in [5, 5.41) is 11.4. The van der Waals surface area contributed by atoms with Crippen molar-refractivity contribution in [1.29, 1.82) is 5.26 Å². The molecule has 0 saturated heterocycles. The molecule has 0 atom stereocenters. The molecule has 0 heterocycles. The summed E-state index contributed by atoms with van der Waals surface area (Å²) < 4.78 is 5.57. The van der Waals surface area contributed by atoms with E-state index >= 15 is 0 Å². The van der Waals surface area contributed by atoms with E-state index in [9.17, 15) is 4.79 Å². The van der Waals surface area contributed by atoms with E-state index < -0.39 is 0 Å². The number of benzene rings is 1. The van der Waals surface area contributed by atoms with Crippen LogP contribution < -0.4 is 10.1 Å². The zero-order valence-electron chi connectivity index (χ0n) is 8.99. The number of nitrogens with zero attached hydrogens (tertiary/aromatic N) is 1. The number of rotatable bonds is 3. The summed E-state index contributed by atoms with van der Waals surface area (Å²) in [7, 11) is 1.56. The number of nitrogens with one attached hydrogen (secondary N) is 1. The standard InChI is InChI=1S/C12H12N2O2/c1-14-12(15)9-4-8(7-13)5-11(6-9)16-10-2-3-10/h4-6,10H,2-3H2,1H3,(H,14,15). The lowest BCUT2D eigenvalue weighted by Gasteiger charge is -2.07. The second kappa shape index (κ2) is 4.23. The van der Waals surface area contributed by atoms with E-state index in [4.69, 9.17) is 10.00 Å². The van der Waals surface area contributed by atoms with Gasteiger partial charge < -0.3 is 10.1 Å². The van der Waals surface area contributed by atoms with Crippen molar-refractivity contribution in [3.05, 3.63) is 29.3 Å². The van der Waals surface area contributed by atoms with E-state index in [1.165, 1.54) is 0 Å². The fourth-order valence-corrected chi connectivity index (χ4v) is 1.39. The Morgan fingerprint density at radius 2 is 2.25 bits per heavy atom. The molecule has 1 saturated carbocycles. The monoisotopic (exact) mass is 216 g/mol. The predicted molar refractivity (Wildman–Crippen MR) is 58.2 cm³/mol. The fraction of sp³-hybridized carbons (Fsp3) is 0.333. The highest BCUT2D eigenvalue weighted by Gasteiger charge is 2.24. The van der Waals surface area contributed by atoms with Crippen molar-refractivity contribution in [3.8, 4) is 11.8 Å². The number of hydrogen-bond donors (Lipinski definition) is 1. The largest absolute Gasteiger partial charge is 0.490 e. The Hall–Kier alpha value is -2.02.